The van der Waals surface area contributed by atoms with Gasteiger partial charge in [0.2, 0.25) is 5.91 Å². The van der Waals surface area contributed by atoms with E-state index in [4.69, 9.17) is 0 Å². The summed E-state index contributed by atoms with van der Waals surface area (Å²) in [5, 5.41) is 12.7. The SMILES string of the molecule is O=C(Nc1cc(-c2ccc3ccccc3c2)[nH]n1)C1Cc2ccccc2C1. The Labute approximate surface area is 157 Å². The first-order valence-corrected chi connectivity index (χ1v) is 9.18. The number of nitrogens with zero attached hydrogens (tertiary/aromatic N) is 1. The van der Waals surface area contributed by atoms with Crippen molar-refractivity contribution in [1.29, 1.82) is 0 Å². The van der Waals surface area contributed by atoms with Crippen molar-refractivity contribution in [2.45, 2.75) is 12.8 Å². The molecule has 1 amide bonds. The molecule has 0 bridgehead atoms. The van der Waals surface area contributed by atoms with E-state index in [-0.39, 0.29) is 11.8 Å². The second-order valence-corrected chi connectivity index (χ2v) is 7.09. The van der Waals surface area contributed by atoms with Crippen LogP contribution in [0.4, 0.5) is 5.82 Å². The Morgan fingerprint density at radius 3 is 2.37 bits per heavy atom. The largest absolute Gasteiger partial charge is 0.309 e. The van der Waals surface area contributed by atoms with Crippen LogP contribution < -0.4 is 5.32 Å². The highest BCUT2D eigenvalue weighted by Gasteiger charge is 2.27. The van der Waals surface area contributed by atoms with Gasteiger partial charge in [-0.05, 0) is 40.8 Å². The highest BCUT2D eigenvalue weighted by Crippen LogP contribution is 2.28. The van der Waals surface area contributed by atoms with E-state index in [1.54, 1.807) is 0 Å². The van der Waals surface area contributed by atoms with Gasteiger partial charge >= 0.3 is 0 Å². The van der Waals surface area contributed by atoms with Gasteiger partial charge in [0.15, 0.2) is 5.82 Å². The molecular weight excluding hydrogens is 334 g/mol. The van der Waals surface area contributed by atoms with Gasteiger partial charge in [0.1, 0.15) is 0 Å². The molecule has 132 valence electrons. The smallest absolute Gasteiger partial charge is 0.229 e. The molecule has 0 saturated carbocycles. The monoisotopic (exact) mass is 353 g/mol. The molecule has 1 aliphatic rings. The molecule has 4 heteroatoms. The first-order valence-electron chi connectivity index (χ1n) is 9.18. The molecule has 5 rings (SSSR count). The van der Waals surface area contributed by atoms with Gasteiger partial charge in [-0.2, -0.15) is 5.10 Å². The number of hydrogen-bond donors (Lipinski definition) is 2. The summed E-state index contributed by atoms with van der Waals surface area (Å²) in [7, 11) is 0. The lowest BCUT2D eigenvalue weighted by molar-refractivity contribution is -0.119. The molecular formula is C23H19N3O. The number of hydrogen-bond acceptors (Lipinski definition) is 2. The molecule has 1 aliphatic carbocycles. The minimum Gasteiger partial charge on any atom is -0.309 e. The first kappa shape index (κ1) is 15.8. The predicted octanol–water partition coefficient (Wildman–Crippen LogP) is 4.58. The van der Waals surface area contributed by atoms with Gasteiger partial charge in [-0.25, -0.2) is 0 Å². The van der Waals surface area contributed by atoms with Crippen LogP contribution in [-0.2, 0) is 17.6 Å². The minimum absolute atomic E-state index is 0.0248. The Hall–Kier alpha value is -3.40. The van der Waals surface area contributed by atoms with Crippen molar-refractivity contribution in [1.82, 2.24) is 10.2 Å². The summed E-state index contributed by atoms with van der Waals surface area (Å²) in [6.07, 6.45) is 1.59. The van der Waals surface area contributed by atoms with Gasteiger partial charge in [-0.1, -0.05) is 60.7 Å². The van der Waals surface area contributed by atoms with Crippen molar-refractivity contribution in [2.75, 3.05) is 5.32 Å². The average molecular weight is 353 g/mol. The highest BCUT2D eigenvalue weighted by atomic mass is 16.2. The number of H-pyrrole nitrogens is 1. The van der Waals surface area contributed by atoms with E-state index < -0.39 is 0 Å². The molecule has 27 heavy (non-hydrogen) atoms. The molecule has 0 unspecified atom stereocenters. The van der Waals surface area contributed by atoms with Crippen molar-refractivity contribution in [3.8, 4) is 11.3 Å². The Balaban J connectivity index is 1.32. The fourth-order valence-electron chi connectivity index (χ4n) is 3.86. The number of carbonyl (C=O) groups is 1. The van der Waals surface area contributed by atoms with Crippen LogP contribution in [-0.4, -0.2) is 16.1 Å². The minimum atomic E-state index is -0.0248. The van der Waals surface area contributed by atoms with Crippen LogP contribution in [0.25, 0.3) is 22.0 Å². The maximum absolute atomic E-state index is 12.6. The summed E-state index contributed by atoms with van der Waals surface area (Å²) in [5.74, 6) is 0.574. The lowest BCUT2D eigenvalue weighted by Crippen LogP contribution is -2.23. The summed E-state index contributed by atoms with van der Waals surface area (Å²) in [6.45, 7) is 0. The molecule has 3 aromatic carbocycles. The van der Waals surface area contributed by atoms with Gasteiger partial charge in [0, 0.05) is 17.5 Å². The number of amides is 1. The van der Waals surface area contributed by atoms with E-state index in [1.807, 2.05) is 30.3 Å². The van der Waals surface area contributed by atoms with E-state index in [0.717, 1.165) is 24.1 Å². The highest BCUT2D eigenvalue weighted by molar-refractivity contribution is 5.93. The summed E-state index contributed by atoms with van der Waals surface area (Å²) in [4.78, 5) is 12.6. The van der Waals surface area contributed by atoms with E-state index in [2.05, 4.69) is 58.0 Å². The third-order valence-corrected chi connectivity index (χ3v) is 5.31. The van der Waals surface area contributed by atoms with Crippen LogP contribution in [0.3, 0.4) is 0 Å². The molecule has 0 radical (unpaired) electrons. The summed E-state index contributed by atoms with van der Waals surface area (Å²) >= 11 is 0. The van der Waals surface area contributed by atoms with Gasteiger partial charge in [-0.3, -0.25) is 9.89 Å². The standard InChI is InChI=1S/C23H19N3O/c27-23(20-12-17-7-3-4-8-18(17)13-20)24-22-14-21(25-26-22)19-10-9-15-5-1-2-6-16(15)11-19/h1-11,14,20H,12-13H2,(H2,24,25,26,27). The second-order valence-electron chi connectivity index (χ2n) is 7.09. The maximum atomic E-state index is 12.6. The first-order chi connectivity index (χ1) is 13.3. The van der Waals surface area contributed by atoms with Crippen LogP contribution in [0.2, 0.25) is 0 Å². The second kappa shape index (κ2) is 6.40. The van der Waals surface area contributed by atoms with E-state index in [9.17, 15) is 4.79 Å². The molecule has 4 aromatic rings. The Morgan fingerprint density at radius 2 is 1.59 bits per heavy atom. The topological polar surface area (TPSA) is 57.8 Å². The van der Waals surface area contributed by atoms with Crippen molar-refractivity contribution in [3.63, 3.8) is 0 Å². The van der Waals surface area contributed by atoms with Crippen LogP contribution >= 0.6 is 0 Å². The molecule has 0 atom stereocenters. The summed E-state index contributed by atoms with van der Waals surface area (Å²) in [5.41, 5.74) is 4.49. The van der Waals surface area contributed by atoms with Gasteiger partial charge in [0.25, 0.3) is 0 Å². The molecule has 1 aromatic heterocycles. The van der Waals surface area contributed by atoms with Gasteiger partial charge < -0.3 is 5.32 Å². The average Bonchev–Trinajstić information content (AvgIpc) is 3.34. The van der Waals surface area contributed by atoms with Crippen LogP contribution in [0, 0.1) is 5.92 Å². The van der Waals surface area contributed by atoms with Crippen molar-refractivity contribution < 1.29 is 4.79 Å². The predicted molar refractivity (Wildman–Crippen MR) is 107 cm³/mol. The number of aromatic nitrogens is 2. The third kappa shape index (κ3) is 2.99. The quantitative estimate of drug-likeness (QED) is 0.566. The van der Waals surface area contributed by atoms with Crippen molar-refractivity contribution in [2.24, 2.45) is 5.92 Å². The Kier molecular flexibility index (Phi) is 3.75. The fourth-order valence-corrected chi connectivity index (χ4v) is 3.86. The third-order valence-electron chi connectivity index (χ3n) is 5.31. The molecule has 0 fully saturated rings. The Bertz CT molecular complexity index is 1120. The zero-order chi connectivity index (χ0) is 18.2. The summed E-state index contributed by atoms with van der Waals surface area (Å²) < 4.78 is 0. The number of nitrogens with one attached hydrogen (secondary N) is 2. The maximum Gasteiger partial charge on any atom is 0.229 e. The number of fused-ring (bicyclic) bond motifs is 2. The fraction of sp³-hybridized carbons (Fsp3) is 0.130. The number of rotatable bonds is 3. The molecule has 0 aliphatic heterocycles. The van der Waals surface area contributed by atoms with Crippen LogP contribution in [0.15, 0.2) is 72.8 Å². The molecule has 2 N–H and O–H groups in total. The van der Waals surface area contributed by atoms with Crippen molar-refractivity contribution in [3.05, 3.63) is 83.9 Å². The number of aromatic amines is 1. The zero-order valence-corrected chi connectivity index (χ0v) is 14.8. The summed E-state index contributed by atoms with van der Waals surface area (Å²) in [6, 6.07) is 24.7. The molecule has 4 nitrogen and oxygen atoms in total. The van der Waals surface area contributed by atoms with E-state index in [1.165, 1.54) is 21.9 Å². The zero-order valence-electron chi connectivity index (χ0n) is 14.8. The van der Waals surface area contributed by atoms with E-state index in [0.29, 0.717) is 5.82 Å². The molecule has 0 spiro atoms. The van der Waals surface area contributed by atoms with E-state index >= 15 is 0 Å². The van der Waals surface area contributed by atoms with Gasteiger partial charge in [0.05, 0.1) is 5.69 Å². The lowest BCUT2D eigenvalue weighted by Gasteiger charge is -2.07. The van der Waals surface area contributed by atoms with Crippen LogP contribution in [0.5, 0.6) is 0 Å². The number of anilines is 1. The normalized spacial score (nSPS) is 13.6. The number of carbonyl (C=O) groups excluding carboxylic acids is 1. The molecule has 1 heterocycles. The van der Waals surface area contributed by atoms with Crippen LogP contribution in [0.1, 0.15) is 11.1 Å². The van der Waals surface area contributed by atoms with Crippen molar-refractivity contribution >= 4 is 22.5 Å². The lowest BCUT2D eigenvalue weighted by atomic mass is 10.0. The molecule has 0 saturated heterocycles. The van der Waals surface area contributed by atoms with Gasteiger partial charge in [-0.15, -0.1) is 0 Å². The number of benzene rings is 3. The Morgan fingerprint density at radius 1 is 0.889 bits per heavy atom.